The monoisotopic (exact) mass is 702 g/mol. The number of fused-ring (bicyclic) bond motifs is 2. The number of aromatic nitrogens is 2. The van der Waals surface area contributed by atoms with E-state index in [9.17, 15) is 0 Å². The van der Waals surface area contributed by atoms with Crippen LogP contribution in [-0.2, 0) is 0 Å². The second-order valence-corrected chi connectivity index (χ2v) is 16.0. The van der Waals surface area contributed by atoms with Crippen LogP contribution >= 0.6 is 0 Å². The summed E-state index contributed by atoms with van der Waals surface area (Å²) in [5.41, 5.74) is 15.2. The Balaban J connectivity index is 0.000000164. The topological polar surface area (TPSA) is 32.3 Å². The molecule has 0 radical (unpaired) electrons. The molecule has 2 fully saturated rings. The van der Waals surface area contributed by atoms with E-state index in [1.165, 1.54) is 116 Å². The van der Waals surface area contributed by atoms with Gasteiger partial charge in [-0.1, -0.05) is 90.8 Å². The first kappa shape index (κ1) is 36.6. The van der Waals surface area contributed by atoms with E-state index in [0.717, 1.165) is 42.9 Å². The van der Waals surface area contributed by atoms with Crippen molar-refractivity contribution < 1.29 is 0 Å². The van der Waals surface area contributed by atoms with Crippen LogP contribution in [-0.4, -0.2) is 36.1 Å². The fourth-order valence-electron chi connectivity index (χ4n) is 8.57. The van der Waals surface area contributed by atoms with E-state index in [4.69, 9.17) is 9.97 Å². The van der Waals surface area contributed by atoms with Crippen LogP contribution in [0.4, 0.5) is 11.4 Å². The smallest absolute Gasteiger partial charge is 0.0787 e. The Morgan fingerprint density at radius 3 is 1.28 bits per heavy atom. The Labute approximate surface area is 318 Å². The number of aryl methyl sites for hydroxylation is 6. The number of pyridine rings is 2. The molecule has 0 aliphatic heterocycles. The molecule has 0 N–H and O–H groups in total. The van der Waals surface area contributed by atoms with Crippen molar-refractivity contribution in [2.45, 2.75) is 87.5 Å². The Morgan fingerprint density at radius 1 is 0.528 bits per heavy atom. The summed E-state index contributed by atoms with van der Waals surface area (Å²) in [6.45, 7) is 22.1. The molecule has 4 aromatic carbocycles. The standard InChI is InChI=1S/C25H30N2.C24H28N2/c1-5-12-27(16-20-10-11-20)23-15-26-25(22-9-7-6-8-21(22)23)24-18(3)13-17(2)14-19(24)4;1-5-26(15-19-10-11-19)22-14-25-24(21-9-7-6-8-20(21)22)23-17(3)12-16(2)13-18(23)4/h6-9,13-15,20H,5,10-12,16H2,1-4H3;6-9,12-14,19H,5,10-11,15H2,1-4H3. The summed E-state index contributed by atoms with van der Waals surface area (Å²) in [6.07, 6.45) is 10.9. The van der Waals surface area contributed by atoms with Crippen LogP contribution in [0.5, 0.6) is 0 Å². The van der Waals surface area contributed by atoms with Crippen LogP contribution in [0.15, 0.2) is 85.2 Å². The van der Waals surface area contributed by atoms with Crippen LogP contribution in [0, 0.1) is 53.4 Å². The van der Waals surface area contributed by atoms with Crippen LogP contribution in [0.2, 0.25) is 0 Å². The first-order valence-corrected chi connectivity index (χ1v) is 20.1. The molecule has 4 heteroatoms. The molecule has 0 amide bonds. The van der Waals surface area contributed by atoms with E-state index >= 15 is 0 Å². The van der Waals surface area contributed by atoms with Gasteiger partial charge in [-0.05, 0) is 115 Å². The number of anilines is 2. The second-order valence-electron chi connectivity index (χ2n) is 16.0. The molecule has 2 heterocycles. The largest absolute Gasteiger partial charge is 0.370 e. The summed E-state index contributed by atoms with van der Waals surface area (Å²) in [6, 6.07) is 26.6. The van der Waals surface area contributed by atoms with Gasteiger partial charge >= 0.3 is 0 Å². The van der Waals surface area contributed by atoms with Crippen LogP contribution < -0.4 is 9.80 Å². The fraction of sp³-hybridized carbons (Fsp3) is 0.388. The van der Waals surface area contributed by atoms with Gasteiger partial charge in [0.1, 0.15) is 0 Å². The van der Waals surface area contributed by atoms with E-state index in [1.54, 1.807) is 0 Å². The lowest BCUT2D eigenvalue weighted by atomic mass is 9.94. The molecule has 2 aliphatic carbocycles. The van der Waals surface area contributed by atoms with Crippen molar-refractivity contribution in [3.63, 3.8) is 0 Å². The summed E-state index contributed by atoms with van der Waals surface area (Å²) in [4.78, 5) is 15.1. The molecular weight excluding hydrogens is 645 g/mol. The van der Waals surface area contributed by atoms with Crippen LogP contribution in [0.3, 0.4) is 0 Å². The predicted octanol–water partition coefficient (Wildman–Crippen LogP) is 12.5. The maximum atomic E-state index is 5.02. The Hall–Kier alpha value is -4.70. The minimum Gasteiger partial charge on any atom is -0.370 e. The molecule has 274 valence electrons. The predicted molar refractivity (Wildman–Crippen MR) is 229 cm³/mol. The van der Waals surface area contributed by atoms with Crippen LogP contribution in [0.1, 0.15) is 79.3 Å². The van der Waals surface area contributed by atoms with Crippen molar-refractivity contribution in [2.24, 2.45) is 11.8 Å². The van der Waals surface area contributed by atoms with E-state index in [1.807, 2.05) is 0 Å². The van der Waals surface area contributed by atoms with Crippen LogP contribution in [0.25, 0.3) is 44.1 Å². The summed E-state index contributed by atoms with van der Waals surface area (Å²) < 4.78 is 0. The zero-order valence-electron chi connectivity index (χ0n) is 33.4. The first-order chi connectivity index (χ1) is 25.7. The van der Waals surface area contributed by atoms with Gasteiger partial charge < -0.3 is 9.80 Å². The molecule has 0 atom stereocenters. The number of hydrogen-bond donors (Lipinski definition) is 0. The van der Waals surface area contributed by atoms with Gasteiger partial charge in [0, 0.05) is 58.9 Å². The number of benzene rings is 4. The van der Waals surface area contributed by atoms with Crippen molar-refractivity contribution in [3.05, 3.63) is 119 Å². The molecule has 0 spiro atoms. The van der Waals surface area contributed by atoms with Crippen molar-refractivity contribution >= 4 is 32.9 Å². The van der Waals surface area contributed by atoms with Crippen molar-refractivity contribution in [1.82, 2.24) is 9.97 Å². The minimum absolute atomic E-state index is 0.870. The number of rotatable bonds is 11. The summed E-state index contributed by atoms with van der Waals surface area (Å²) in [5.74, 6) is 1.74. The Bertz CT molecular complexity index is 2200. The third kappa shape index (κ3) is 7.98. The molecule has 2 aromatic heterocycles. The highest BCUT2D eigenvalue weighted by atomic mass is 15.1. The highest BCUT2D eigenvalue weighted by Crippen LogP contribution is 2.40. The molecule has 2 saturated carbocycles. The molecule has 0 unspecified atom stereocenters. The van der Waals surface area contributed by atoms with Gasteiger partial charge in [-0.3, -0.25) is 9.97 Å². The van der Waals surface area contributed by atoms with Gasteiger partial charge in [0.05, 0.1) is 35.2 Å². The number of hydrogen-bond acceptors (Lipinski definition) is 4. The highest BCUT2D eigenvalue weighted by Gasteiger charge is 2.27. The summed E-state index contributed by atoms with van der Waals surface area (Å²) >= 11 is 0. The maximum Gasteiger partial charge on any atom is 0.0787 e. The van der Waals surface area contributed by atoms with Gasteiger partial charge in [0.25, 0.3) is 0 Å². The van der Waals surface area contributed by atoms with Gasteiger partial charge in [-0.25, -0.2) is 0 Å². The Kier molecular flexibility index (Phi) is 10.9. The van der Waals surface area contributed by atoms with E-state index in [0.29, 0.717) is 0 Å². The lowest BCUT2D eigenvalue weighted by molar-refractivity contribution is 0.709. The normalized spacial score (nSPS) is 14.0. The summed E-state index contributed by atoms with van der Waals surface area (Å²) in [5, 5.41) is 5.17. The van der Waals surface area contributed by atoms with Crippen molar-refractivity contribution in [3.8, 4) is 22.5 Å². The third-order valence-electron chi connectivity index (χ3n) is 11.3. The molecule has 2 aliphatic rings. The minimum atomic E-state index is 0.870. The van der Waals surface area contributed by atoms with Crippen molar-refractivity contribution in [1.29, 1.82) is 0 Å². The second kappa shape index (κ2) is 15.7. The zero-order valence-corrected chi connectivity index (χ0v) is 33.4. The molecule has 53 heavy (non-hydrogen) atoms. The van der Waals surface area contributed by atoms with Gasteiger partial charge in [0.15, 0.2) is 0 Å². The van der Waals surface area contributed by atoms with E-state index in [-0.39, 0.29) is 0 Å². The van der Waals surface area contributed by atoms with Gasteiger partial charge in [-0.15, -0.1) is 0 Å². The first-order valence-electron chi connectivity index (χ1n) is 20.1. The van der Waals surface area contributed by atoms with Gasteiger partial charge in [-0.2, -0.15) is 0 Å². The van der Waals surface area contributed by atoms with Crippen molar-refractivity contribution in [2.75, 3.05) is 36.0 Å². The zero-order chi connectivity index (χ0) is 37.2. The lowest BCUT2D eigenvalue weighted by Gasteiger charge is -2.26. The van der Waals surface area contributed by atoms with Gasteiger partial charge in [0.2, 0.25) is 0 Å². The molecule has 6 aromatic rings. The molecular formula is C49H58N4. The SMILES string of the molecule is CCCN(CC1CC1)c1cnc(-c2c(C)cc(C)cc2C)c2ccccc12.CCN(CC1CC1)c1cnc(-c2c(C)cc(C)cc2C)c2ccccc12. The average molecular weight is 703 g/mol. The van der Waals surface area contributed by atoms with E-state index in [2.05, 4.69) is 150 Å². The quantitative estimate of drug-likeness (QED) is 0.135. The molecule has 0 bridgehead atoms. The maximum absolute atomic E-state index is 5.02. The molecule has 4 nitrogen and oxygen atoms in total. The number of nitrogens with zero attached hydrogens (tertiary/aromatic N) is 4. The highest BCUT2D eigenvalue weighted by molar-refractivity contribution is 6.03. The lowest BCUT2D eigenvalue weighted by Crippen LogP contribution is -2.26. The fourth-order valence-corrected chi connectivity index (χ4v) is 8.57. The molecule has 0 saturated heterocycles. The molecule has 8 rings (SSSR count). The third-order valence-corrected chi connectivity index (χ3v) is 11.3. The van der Waals surface area contributed by atoms with E-state index < -0.39 is 0 Å². The Morgan fingerprint density at radius 2 is 0.906 bits per heavy atom. The average Bonchev–Trinajstić information content (AvgIpc) is 4.08. The summed E-state index contributed by atoms with van der Waals surface area (Å²) in [7, 11) is 0.